The van der Waals surface area contributed by atoms with E-state index in [1.54, 1.807) is 16.2 Å². The second-order valence-corrected chi connectivity index (χ2v) is 9.59. The number of benzene rings is 1. The van der Waals surface area contributed by atoms with Crippen LogP contribution in [0, 0.1) is 11.8 Å². The fraction of sp³-hybridized carbons (Fsp3) is 0.500. The van der Waals surface area contributed by atoms with Crippen molar-refractivity contribution in [2.75, 3.05) is 26.2 Å². The van der Waals surface area contributed by atoms with E-state index in [-0.39, 0.29) is 30.3 Å². The number of ether oxygens (including phenoxy) is 1. The van der Waals surface area contributed by atoms with Crippen molar-refractivity contribution >= 4 is 23.2 Å². The Bertz CT molecular complexity index is 876. The number of nitrogens with zero attached hydrogens (tertiary/aromatic N) is 2. The van der Waals surface area contributed by atoms with Gasteiger partial charge in [-0.05, 0) is 54.3 Å². The lowest BCUT2D eigenvalue weighted by Gasteiger charge is -2.37. The van der Waals surface area contributed by atoms with Crippen LogP contribution in [-0.2, 0) is 16.0 Å². The molecule has 2 aliphatic rings. The minimum atomic E-state index is -0.121. The van der Waals surface area contributed by atoms with Crippen molar-refractivity contribution in [3.8, 4) is 5.75 Å². The van der Waals surface area contributed by atoms with Gasteiger partial charge in [0.2, 0.25) is 11.8 Å². The number of rotatable bonds is 8. The molecule has 5 nitrogen and oxygen atoms in total. The quantitative estimate of drug-likeness (QED) is 0.637. The second kappa shape index (κ2) is 9.21. The van der Waals surface area contributed by atoms with E-state index in [1.807, 2.05) is 49.1 Å². The number of hydrogen-bond acceptors (Lipinski definition) is 4. The molecule has 1 aliphatic carbocycles. The molecule has 1 aromatic carbocycles. The van der Waals surface area contributed by atoms with Crippen LogP contribution in [0.4, 0.5) is 0 Å². The average molecular weight is 427 g/mol. The van der Waals surface area contributed by atoms with Gasteiger partial charge in [0.25, 0.3) is 0 Å². The highest BCUT2D eigenvalue weighted by Gasteiger charge is 2.35. The first-order valence-electron chi connectivity index (χ1n) is 10.8. The molecule has 6 heteroatoms. The number of para-hydroxylation sites is 1. The highest BCUT2D eigenvalue weighted by atomic mass is 32.1. The highest BCUT2D eigenvalue weighted by Crippen LogP contribution is 2.34. The Morgan fingerprint density at radius 1 is 1.20 bits per heavy atom. The van der Waals surface area contributed by atoms with Crippen LogP contribution in [-0.4, -0.2) is 47.9 Å². The number of carbonyl (C=O) groups excluding carboxylic acids is 2. The monoisotopic (exact) mass is 426 g/mol. The van der Waals surface area contributed by atoms with Gasteiger partial charge in [-0.15, -0.1) is 11.3 Å². The normalized spacial score (nSPS) is 18.2. The van der Waals surface area contributed by atoms with Crippen LogP contribution in [0.15, 0.2) is 41.8 Å². The Balaban J connectivity index is 1.49. The van der Waals surface area contributed by atoms with E-state index < -0.39 is 0 Å². The van der Waals surface area contributed by atoms with E-state index in [2.05, 4.69) is 11.4 Å². The van der Waals surface area contributed by atoms with Gasteiger partial charge >= 0.3 is 0 Å². The zero-order valence-corrected chi connectivity index (χ0v) is 18.6. The van der Waals surface area contributed by atoms with Gasteiger partial charge in [0.1, 0.15) is 12.4 Å². The summed E-state index contributed by atoms with van der Waals surface area (Å²) in [5, 5.41) is 2.09. The molecule has 1 atom stereocenters. The summed E-state index contributed by atoms with van der Waals surface area (Å²) in [5.41, 5.74) is 1.18. The molecule has 1 fully saturated rings. The number of fused-ring (bicyclic) bond motifs is 1. The first-order chi connectivity index (χ1) is 14.5. The number of hydrogen-bond donors (Lipinski definition) is 0. The molecule has 160 valence electrons. The van der Waals surface area contributed by atoms with Gasteiger partial charge in [-0.2, -0.15) is 0 Å². The minimum Gasteiger partial charge on any atom is -0.491 e. The van der Waals surface area contributed by atoms with Gasteiger partial charge in [0.05, 0.1) is 12.6 Å². The van der Waals surface area contributed by atoms with Gasteiger partial charge in [0.15, 0.2) is 0 Å². The van der Waals surface area contributed by atoms with E-state index >= 15 is 0 Å². The predicted molar refractivity (Wildman–Crippen MR) is 119 cm³/mol. The summed E-state index contributed by atoms with van der Waals surface area (Å²) in [4.78, 5) is 31.1. The van der Waals surface area contributed by atoms with Gasteiger partial charge < -0.3 is 14.5 Å². The average Bonchev–Trinajstić information content (AvgIpc) is 3.44. The van der Waals surface area contributed by atoms with E-state index in [4.69, 9.17) is 4.74 Å². The van der Waals surface area contributed by atoms with Crippen LogP contribution in [0.5, 0.6) is 5.75 Å². The molecule has 0 spiro atoms. The van der Waals surface area contributed by atoms with Crippen LogP contribution < -0.4 is 4.74 Å². The number of amides is 2. The smallest absolute Gasteiger partial charge is 0.242 e. The van der Waals surface area contributed by atoms with Crippen LogP contribution >= 0.6 is 11.3 Å². The predicted octanol–water partition coefficient (Wildman–Crippen LogP) is 4.15. The maximum atomic E-state index is 13.4. The Kier molecular flexibility index (Phi) is 6.42. The summed E-state index contributed by atoms with van der Waals surface area (Å²) in [5.74, 6) is 1.35. The fourth-order valence-electron chi connectivity index (χ4n) is 4.03. The summed E-state index contributed by atoms with van der Waals surface area (Å²) in [6.07, 6.45) is 3.18. The van der Waals surface area contributed by atoms with Gasteiger partial charge in [-0.3, -0.25) is 9.59 Å². The Hall–Kier alpha value is -2.34. The zero-order valence-electron chi connectivity index (χ0n) is 17.8. The molecule has 2 heterocycles. The molecule has 4 rings (SSSR count). The summed E-state index contributed by atoms with van der Waals surface area (Å²) < 4.78 is 6.05. The largest absolute Gasteiger partial charge is 0.491 e. The molecule has 1 saturated carbocycles. The molecule has 0 N–H and O–H groups in total. The molecular formula is C24H30N2O3S. The molecule has 0 bridgehead atoms. The molecule has 2 aromatic rings. The topological polar surface area (TPSA) is 49.9 Å². The van der Waals surface area contributed by atoms with Crippen molar-refractivity contribution in [3.63, 3.8) is 0 Å². The number of thiophene rings is 1. The van der Waals surface area contributed by atoms with Crippen molar-refractivity contribution in [3.05, 3.63) is 52.2 Å². The number of carbonyl (C=O) groups is 2. The maximum Gasteiger partial charge on any atom is 0.242 e. The van der Waals surface area contributed by atoms with Crippen molar-refractivity contribution in [1.82, 2.24) is 9.80 Å². The molecule has 30 heavy (non-hydrogen) atoms. The third-order valence-corrected chi connectivity index (χ3v) is 6.87. The summed E-state index contributed by atoms with van der Waals surface area (Å²) in [6, 6.07) is 11.7. The molecule has 0 saturated heterocycles. The molecular weight excluding hydrogens is 396 g/mol. The summed E-state index contributed by atoms with van der Waals surface area (Å²) in [7, 11) is 0. The van der Waals surface area contributed by atoms with E-state index in [0.29, 0.717) is 25.6 Å². The van der Waals surface area contributed by atoms with Gasteiger partial charge in [-0.1, -0.05) is 32.0 Å². The van der Waals surface area contributed by atoms with Crippen LogP contribution in [0.1, 0.15) is 43.2 Å². The van der Waals surface area contributed by atoms with Crippen molar-refractivity contribution in [1.29, 1.82) is 0 Å². The van der Waals surface area contributed by atoms with E-state index in [9.17, 15) is 9.59 Å². The van der Waals surface area contributed by atoms with Crippen LogP contribution in [0.2, 0.25) is 0 Å². The minimum absolute atomic E-state index is 0.0168. The fourth-order valence-corrected chi connectivity index (χ4v) is 4.96. The van der Waals surface area contributed by atoms with Gasteiger partial charge in [-0.25, -0.2) is 0 Å². The Labute approximate surface area is 182 Å². The Morgan fingerprint density at radius 2 is 1.97 bits per heavy atom. The summed E-state index contributed by atoms with van der Waals surface area (Å²) >= 11 is 1.75. The highest BCUT2D eigenvalue weighted by molar-refractivity contribution is 7.10. The van der Waals surface area contributed by atoms with Gasteiger partial charge in [0, 0.05) is 23.9 Å². The molecule has 0 unspecified atom stereocenters. The first kappa shape index (κ1) is 20.9. The molecule has 0 radical (unpaired) electrons. The van der Waals surface area contributed by atoms with Crippen molar-refractivity contribution < 1.29 is 14.3 Å². The molecule has 2 amide bonds. The lowest BCUT2D eigenvalue weighted by Crippen LogP contribution is -2.49. The van der Waals surface area contributed by atoms with Crippen molar-refractivity contribution in [2.24, 2.45) is 11.8 Å². The maximum absolute atomic E-state index is 13.4. The molecule has 1 aromatic heterocycles. The Morgan fingerprint density at radius 3 is 2.67 bits per heavy atom. The third kappa shape index (κ3) is 4.86. The standard InChI is InChI=1S/C24H30N2O3S/c1-17(2)24(28)25(14-18-8-9-18)15-23(27)26-12-10-22-20(11-13-30-22)21(26)16-29-19-6-4-3-5-7-19/h3-7,11,13,17-18,21H,8-10,12,14-16H2,1-2H3/t21-/m0/s1. The summed E-state index contributed by atoms with van der Waals surface area (Å²) in [6.45, 7) is 5.76. The lowest BCUT2D eigenvalue weighted by molar-refractivity contribution is -0.144. The SMILES string of the molecule is CC(C)C(=O)N(CC(=O)N1CCc2sccc2[C@@H]1COc1ccccc1)CC1CC1. The van der Waals surface area contributed by atoms with E-state index in [0.717, 1.165) is 25.0 Å². The molecule has 1 aliphatic heterocycles. The zero-order chi connectivity index (χ0) is 21.1. The second-order valence-electron chi connectivity index (χ2n) is 8.59. The van der Waals surface area contributed by atoms with Crippen molar-refractivity contribution in [2.45, 2.75) is 39.2 Å². The van der Waals surface area contributed by atoms with Crippen LogP contribution in [0.25, 0.3) is 0 Å². The lowest BCUT2D eigenvalue weighted by atomic mass is 10.00. The van der Waals surface area contributed by atoms with Crippen LogP contribution in [0.3, 0.4) is 0 Å². The third-order valence-electron chi connectivity index (χ3n) is 5.87. The first-order valence-corrected chi connectivity index (χ1v) is 11.7. The van der Waals surface area contributed by atoms with E-state index in [1.165, 1.54) is 10.4 Å².